The van der Waals surface area contributed by atoms with Gasteiger partial charge in [-0.05, 0) is 0 Å². The van der Waals surface area contributed by atoms with Crippen LogP contribution in [0.25, 0.3) is 33.7 Å². The maximum absolute atomic E-state index is 5.29. The van der Waals surface area contributed by atoms with E-state index in [1.54, 1.807) is 6.33 Å². The van der Waals surface area contributed by atoms with E-state index in [1.807, 2.05) is 60.7 Å². The number of aromatic nitrogens is 4. The molecule has 0 spiro atoms. The maximum atomic E-state index is 5.29. The minimum absolute atomic E-state index is 0.447. The fourth-order valence-corrected chi connectivity index (χ4v) is 2.69. The molecule has 0 bridgehead atoms. The Kier molecular flexibility index (Phi) is 3.40. The number of aromatic amines is 1. The Morgan fingerprint density at radius 1 is 0.739 bits per heavy atom. The first-order valence-corrected chi connectivity index (χ1v) is 7.60. The predicted octanol–water partition coefficient (Wildman–Crippen LogP) is 4.42. The molecule has 0 aliphatic rings. The van der Waals surface area contributed by atoms with Crippen LogP contribution in [0, 0.1) is 4.64 Å². The van der Waals surface area contributed by atoms with Crippen LogP contribution in [0.15, 0.2) is 67.0 Å². The molecule has 0 amide bonds. The zero-order valence-corrected chi connectivity index (χ0v) is 12.9. The van der Waals surface area contributed by atoms with E-state index >= 15 is 0 Å². The molecule has 0 atom stereocenters. The van der Waals surface area contributed by atoms with Gasteiger partial charge in [0.15, 0.2) is 10.3 Å². The molecular formula is C18H12N4S. The highest BCUT2D eigenvalue weighted by atomic mass is 32.1. The highest BCUT2D eigenvalue weighted by Gasteiger charge is 2.13. The number of benzene rings is 2. The Bertz CT molecular complexity index is 1030. The van der Waals surface area contributed by atoms with Crippen LogP contribution in [0.4, 0.5) is 0 Å². The average Bonchev–Trinajstić information content (AvgIpc) is 2.63. The summed E-state index contributed by atoms with van der Waals surface area (Å²) in [6.45, 7) is 0. The molecule has 23 heavy (non-hydrogen) atoms. The number of nitrogens with zero attached hydrogens (tertiary/aromatic N) is 3. The molecule has 0 radical (unpaired) electrons. The summed E-state index contributed by atoms with van der Waals surface area (Å²) in [5.74, 6) is 0. The number of H-pyrrole nitrogens is 1. The van der Waals surface area contributed by atoms with Crippen LogP contribution in [-0.4, -0.2) is 19.9 Å². The number of hydrogen-bond donors (Lipinski definition) is 1. The third-order valence-corrected chi connectivity index (χ3v) is 3.87. The molecule has 5 heteroatoms. The molecule has 4 rings (SSSR count). The van der Waals surface area contributed by atoms with Gasteiger partial charge >= 0.3 is 0 Å². The average molecular weight is 316 g/mol. The molecule has 4 aromatic rings. The van der Waals surface area contributed by atoms with E-state index in [2.05, 4.69) is 9.97 Å². The molecule has 0 saturated carbocycles. The summed E-state index contributed by atoms with van der Waals surface area (Å²) in [6.07, 6.45) is 1.55. The van der Waals surface area contributed by atoms with Gasteiger partial charge in [-0.2, -0.15) is 0 Å². The lowest BCUT2D eigenvalue weighted by Crippen LogP contribution is -1.98. The van der Waals surface area contributed by atoms with Gasteiger partial charge in [0.25, 0.3) is 0 Å². The quantitative estimate of drug-likeness (QED) is 0.556. The normalized spacial score (nSPS) is 10.8. The van der Waals surface area contributed by atoms with Crippen LogP contribution in [0.3, 0.4) is 0 Å². The molecule has 0 fully saturated rings. The summed E-state index contributed by atoms with van der Waals surface area (Å²) in [7, 11) is 0. The van der Waals surface area contributed by atoms with Crippen LogP contribution in [0.2, 0.25) is 0 Å². The first-order valence-electron chi connectivity index (χ1n) is 7.19. The molecular weight excluding hydrogens is 304 g/mol. The van der Waals surface area contributed by atoms with E-state index in [-0.39, 0.29) is 0 Å². The van der Waals surface area contributed by atoms with Crippen LogP contribution in [0.1, 0.15) is 0 Å². The van der Waals surface area contributed by atoms with E-state index in [1.165, 1.54) is 0 Å². The van der Waals surface area contributed by atoms with Gasteiger partial charge in [-0.1, -0.05) is 72.9 Å². The van der Waals surface area contributed by atoms with Crippen LogP contribution >= 0.6 is 12.2 Å². The topological polar surface area (TPSA) is 54.5 Å². The zero-order valence-electron chi connectivity index (χ0n) is 12.1. The van der Waals surface area contributed by atoms with Crippen molar-refractivity contribution in [3.05, 3.63) is 71.6 Å². The fourth-order valence-electron chi connectivity index (χ4n) is 2.49. The Morgan fingerprint density at radius 3 is 1.91 bits per heavy atom. The van der Waals surface area contributed by atoms with E-state index in [9.17, 15) is 0 Å². The van der Waals surface area contributed by atoms with E-state index in [0.29, 0.717) is 15.8 Å². The van der Waals surface area contributed by atoms with Crippen molar-refractivity contribution in [1.82, 2.24) is 19.9 Å². The van der Waals surface area contributed by atoms with Gasteiger partial charge in [-0.25, -0.2) is 15.0 Å². The SMILES string of the molecule is S=c1nc[nH]c2nc(-c3ccccc3)c(-c3ccccc3)nc12. The second-order valence-electron chi connectivity index (χ2n) is 5.06. The standard InChI is InChI=1S/C18H12N4S/c23-18-16-17(19-11-20-18)22-15(13-9-5-2-6-10-13)14(21-16)12-7-3-1-4-8-12/h1-11H,(H,19,20,22,23). The summed E-state index contributed by atoms with van der Waals surface area (Å²) in [5, 5.41) is 0. The van der Waals surface area contributed by atoms with Crippen molar-refractivity contribution < 1.29 is 0 Å². The van der Waals surface area contributed by atoms with Crippen molar-refractivity contribution in [1.29, 1.82) is 0 Å². The van der Waals surface area contributed by atoms with Crippen molar-refractivity contribution >= 4 is 23.4 Å². The Labute approximate surface area is 137 Å². The lowest BCUT2D eigenvalue weighted by atomic mass is 10.0. The molecule has 0 aliphatic heterocycles. The van der Waals surface area contributed by atoms with E-state index < -0.39 is 0 Å². The van der Waals surface area contributed by atoms with Crippen molar-refractivity contribution in [3.63, 3.8) is 0 Å². The second kappa shape index (κ2) is 5.70. The molecule has 1 N–H and O–H groups in total. The minimum atomic E-state index is 0.447. The lowest BCUT2D eigenvalue weighted by molar-refractivity contribution is 1.14. The molecule has 0 saturated heterocycles. The van der Waals surface area contributed by atoms with Gasteiger partial charge in [0, 0.05) is 11.1 Å². The largest absolute Gasteiger partial charge is 0.329 e. The summed E-state index contributed by atoms with van der Waals surface area (Å²) in [6, 6.07) is 20.0. The van der Waals surface area contributed by atoms with Crippen molar-refractivity contribution in [3.8, 4) is 22.5 Å². The summed E-state index contributed by atoms with van der Waals surface area (Å²) in [4.78, 5) is 16.6. The van der Waals surface area contributed by atoms with Gasteiger partial charge in [0.05, 0.1) is 17.7 Å². The fraction of sp³-hybridized carbons (Fsp3) is 0. The molecule has 2 heterocycles. The third kappa shape index (κ3) is 2.51. The Morgan fingerprint density at radius 2 is 1.30 bits per heavy atom. The van der Waals surface area contributed by atoms with Crippen LogP contribution < -0.4 is 0 Å². The molecule has 4 nitrogen and oxygen atoms in total. The number of fused-ring (bicyclic) bond motifs is 1. The first kappa shape index (κ1) is 13.7. The molecule has 2 aromatic carbocycles. The molecule has 2 aromatic heterocycles. The van der Waals surface area contributed by atoms with Crippen molar-refractivity contribution in [2.24, 2.45) is 0 Å². The highest BCUT2D eigenvalue weighted by Crippen LogP contribution is 2.30. The summed E-state index contributed by atoms with van der Waals surface area (Å²) in [5.41, 5.74) is 4.89. The number of rotatable bonds is 2. The predicted molar refractivity (Wildman–Crippen MR) is 93.4 cm³/mol. The van der Waals surface area contributed by atoms with Crippen LogP contribution in [0.5, 0.6) is 0 Å². The van der Waals surface area contributed by atoms with Gasteiger partial charge in [0.1, 0.15) is 5.52 Å². The van der Waals surface area contributed by atoms with E-state index in [4.69, 9.17) is 22.2 Å². The first-order chi connectivity index (χ1) is 11.3. The second-order valence-corrected chi connectivity index (χ2v) is 5.44. The third-order valence-electron chi connectivity index (χ3n) is 3.58. The number of hydrogen-bond acceptors (Lipinski definition) is 4. The highest BCUT2D eigenvalue weighted by molar-refractivity contribution is 7.71. The van der Waals surface area contributed by atoms with Gasteiger partial charge in [-0.3, -0.25) is 0 Å². The molecule has 0 aliphatic carbocycles. The summed E-state index contributed by atoms with van der Waals surface area (Å²) < 4.78 is 0.447. The van der Waals surface area contributed by atoms with Crippen molar-refractivity contribution in [2.75, 3.05) is 0 Å². The maximum Gasteiger partial charge on any atom is 0.161 e. The minimum Gasteiger partial charge on any atom is -0.329 e. The van der Waals surface area contributed by atoms with Crippen molar-refractivity contribution in [2.45, 2.75) is 0 Å². The molecule has 0 unspecified atom stereocenters. The lowest BCUT2D eigenvalue weighted by Gasteiger charge is -2.10. The monoisotopic (exact) mass is 316 g/mol. The molecule has 110 valence electrons. The zero-order chi connectivity index (χ0) is 15.6. The number of nitrogens with one attached hydrogen (secondary N) is 1. The smallest absolute Gasteiger partial charge is 0.161 e. The Balaban J connectivity index is 2.09. The van der Waals surface area contributed by atoms with Gasteiger partial charge in [0.2, 0.25) is 0 Å². The Hall–Kier alpha value is -2.92. The van der Waals surface area contributed by atoms with Gasteiger partial charge < -0.3 is 4.98 Å². The van der Waals surface area contributed by atoms with Crippen LogP contribution in [-0.2, 0) is 0 Å². The summed E-state index contributed by atoms with van der Waals surface area (Å²) >= 11 is 5.29. The van der Waals surface area contributed by atoms with E-state index in [0.717, 1.165) is 22.5 Å². The van der Waals surface area contributed by atoms with Gasteiger partial charge in [-0.15, -0.1) is 0 Å².